The van der Waals surface area contributed by atoms with E-state index < -0.39 is 0 Å². The van der Waals surface area contributed by atoms with Crippen LogP contribution in [0.15, 0.2) is 30.5 Å². The third-order valence-corrected chi connectivity index (χ3v) is 3.73. The van der Waals surface area contributed by atoms with Gasteiger partial charge in [-0.1, -0.05) is 24.3 Å². The zero-order chi connectivity index (χ0) is 11.9. The normalized spacial score (nSPS) is 17.8. The molecular weight excluding hydrogens is 210 g/mol. The molecule has 3 heteroatoms. The summed E-state index contributed by atoms with van der Waals surface area (Å²) in [5.74, 6) is 0.932. The highest BCUT2D eigenvalue weighted by atomic mass is 15.0. The minimum atomic E-state index is -0.207. The van der Waals surface area contributed by atoms with Gasteiger partial charge in [0.05, 0.1) is 17.4 Å². The van der Waals surface area contributed by atoms with Gasteiger partial charge in [-0.2, -0.15) is 0 Å². The Morgan fingerprint density at radius 2 is 2.06 bits per heavy atom. The molecule has 0 amide bonds. The highest BCUT2D eigenvalue weighted by Crippen LogP contribution is 2.37. The summed E-state index contributed by atoms with van der Waals surface area (Å²) in [5.41, 5.74) is 9.57. The quantitative estimate of drug-likeness (QED) is 0.828. The molecular formula is C14H17N3. The zero-order valence-electron chi connectivity index (χ0n) is 10.0. The molecule has 88 valence electrons. The number of aryl methyl sites for hydroxylation is 1. The number of hydrogen-bond donors (Lipinski definition) is 2. The maximum Gasteiger partial charge on any atom is 0.126 e. The van der Waals surface area contributed by atoms with E-state index in [4.69, 9.17) is 5.73 Å². The fourth-order valence-corrected chi connectivity index (χ4v) is 2.38. The Morgan fingerprint density at radius 3 is 2.71 bits per heavy atom. The Labute approximate surface area is 101 Å². The second-order valence-corrected chi connectivity index (χ2v) is 4.97. The van der Waals surface area contributed by atoms with E-state index in [1.165, 1.54) is 17.5 Å². The first-order valence-corrected chi connectivity index (χ1v) is 6.09. The molecule has 1 heterocycles. The van der Waals surface area contributed by atoms with Crippen LogP contribution in [0.1, 0.15) is 30.7 Å². The van der Waals surface area contributed by atoms with E-state index in [9.17, 15) is 0 Å². The highest BCUT2D eigenvalue weighted by molar-refractivity contribution is 5.62. The Morgan fingerprint density at radius 1 is 1.29 bits per heavy atom. The van der Waals surface area contributed by atoms with Crippen molar-refractivity contribution >= 4 is 0 Å². The molecule has 0 radical (unpaired) electrons. The van der Waals surface area contributed by atoms with Crippen LogP contribution < -0.4 is 5.73 Å². The van der Waals surface area contributed by atoms with Crippen molar-refractivity contribution in [2.45, 2.75) is 31.7 Å². The lowest BCUT2D eigenvalue weighted by Crippen LogP contribution is -2.44. The van der Waals surface area contributed by atoms with Crippen molar-refractivity contribution in [3.8, 4) is 11.3 Å². The minimum Gasteiger partial charge on any atom is -0.340 e. The van der Waals surface area contributed by atoms with E-state index in [0.29, 0.717) is 0 Å². The summed E-state index contributed by atoms with van der Waals surface area (Å²) in [7, 11) is 0. The van der Waals surface area contributed by atoms with Crippen LogP contribution in [0.4, 0.5) is 0 Å². The van der Waals surface area contributed by atoms with Gasteiger partial charge in [0.1, 0.15) is 5.82 Å². The lowest BCUT2D eigenvalue weighted by atomic mass is 9.77. The van der Waals surface area contributed by atoms with E-state index in [-0.39, 0.29) is 5.54 Å². The van der Waals surface area contributed by atoms with Gasteiger partial charge in [-0.25, -0.2) is 4.98 Å². The third kappa shape index (κ3) is 1.67. The van der Waals surface area contributed by atoms with Gasteiger partial charge in [0.15, 0.2) is 0 Å². The lowest BCUT2D eigenvalue weighted by Gasteiger charge is -2.35. The van der Waals surface area contributed by atoms with Crippen molar-refractivity contribution in [1.82, 2.24) is 9.97 Å². The van der Waals surface area contributed by atoms with Crippen LogP contribution in [0.3, 0.4) is 0 Å². The smallest absolute Gasteiger partial charge is 0.126 e. The zero-order valence-corrected chi connectivity index (χ0v) is 10.0. The number of rotatable bonds is 2. The van der Waals surface area contributed by atoms with Crippen LogP contribution in [-0.4, -0.2) is 9.97 Å². The van der Waals surface area contributed by atoms with Crippen molar-refractivity contribution in [2.24, 2.45) is 5.73 Å². The summed E-state index contributed by atoms with van der Waals surface area (Å²) < 4.78 is 0. The molecule has 3 N–H and O–H groups in total. The fourth-order valence-electron chi connectivity index (χ4n) is 2.38. The molecule has 17 heavy (non-hydrogen) atoms. The number of hydrogen-bond acceptors (Lipinski definition) is 2. The average molecular weight is 227 g/mol. The molecule has 2 aromatic rings. The number of nitrogens with two attached hydrogens (primary N) is 1. The summed E-state index contributed by atoms with van der Waals surface area (Å²) >= 11 is 0. The van der Waals surface area contributed by atoms with Crippen molar-refractivity contribution < 1.29 is 0 Å². The van der Waals surface area contributed by atoms with Gasteiger partial charge >= 0.3 is 0 Å². The summed E-state index contributed by atoms with van der Waals surface area (Å²) in [6.45, 7) is 2.11. The van der Waals surface area contributed by atoms with E-state index in [2.05, 4.69) is 29.0 Å². The van der Waals surface area contributed by atoms with Crippen LogP contribution in [0, 0.1) is 6.92 Å². The molecule has 3 nitrogen and oxygen atoms in total. The first kappa shape index (κ1) is 10.5. The topological polar surface area (TPSA) is 54.7 Å². The summed E-state index contributed by atoms with van der Waals surface area (Å²) in [6.07, 6.45) is 5.17. The minimum absolute atomic E-state index is 0.207. The van der Waals surface area contributed by atoms with Crippen LogP contribution in [0.2, 0.25) is 0 Å². The molecule has 0 aliphatic heterocycles. The van der Waals surface area contributed by atoms with Crippen LogP contribution in [-0.2, 0) is 5.54 Å². The highest BCUT2D eigenvalue weighted by Gasteiger charge is 2.37. The average Bonchev–Trinajstić information content (AvgIpc) is 2.76. The molecule has 1 aromatic heterocycles. The predicted molar refractivity (Wildman–Crippen MR) is 68.5 cm³/mol. The number of nitrogens with zero attached hydrogens (tertiary/aromatic N) is 1. The summed E-state index contributed by atoms with van der Waals surface area (Å²) in [4.78, 5) is 7.82. The number of aromatic nitrogens is 2. The Kier molecular flexibility index (Phi) is 2.30. The van der Waals surface area contributed by atoms with E-state index in [1.54, 1.807) is 0 Å². The number of imidazole rings is 1. The second-order valence-electron chi connectivity index (χ2n) is 4.97. The van der Waals surface area contributed by atoms with Crippen LogP contribution in [0.25, 0.3) is 11.3 Å². The van der Waals surface area contributed by atoms with Crippen molar-refractivity contribution in [1.29, 1.82) is 0 Å². The largest absolute Gasteiger partial charge is 0.340 e. The number of aromatic amines is 1. The Bertz CT molecular complexity index is 538. The fraction of sp³-hybridized carbons (Fsp3) is 0.357. The second kappa shape index (κ2) is 3.70. The first-order chi connectivity index (χ1) is 8.19. The van der Waals surface area contributed by atoms with Crippen molar-refractivity contribution in [3.63, 3.8) is 0 Å². The summed E-state index contributed by atoms with van der Waals surface area (Å²) in [6, 6.07) is 8.31. The van der Waals surface area contributed by atoms with Gasteiger partial charge in [-0.05, 0) is 31.7 Å². The van der Waals surface area contributed by atoms with Crippen molar-refractivity contribution in [2.75, 3.05) is 0 Å². The SMILES string of the molecule is Cc1ccccc1-c1cnc(C2(N)CCC2)[nH]1. The molecule has 1 aliphatic carbocycles. The maximum absolute atomic E-state index is 6.26. The molecule has 0 saturated heterocycles. The standard InChI is InChI=1S/C14H17N3/c1-10-5-2-3-6-11(10)12-9-16-13(17-12)14(15)7-4-8-14/h2-3,5-6,9H,4,7-8,15H2,1H3,(H,16,17). The lowest BCUT2D eigenvalue weighted by molar-refractivity contribution is 0.240. The van der Waals surface area contributed by atoms with E-state index in [1.807, 2.05) is 18.3 Å². The van der Waals surface area contributed by atoms with Crippen molar-refractivity contribution in [3.05, 3.63) is 41.9 Å². The molecule has 0 spiro atoms. The molecule has 1 aliphatic rings. The van der Waals surface area contributed by atoms with Crippen LogP contribution >= 0.6 is 0 Å². The first-order valence-electron chi connectivity index (χ1n) is 6.09. The van der Waals surface area contributed by atoms with Gasteiger partial charge < -0.3 is 10.7 Å². The molecule has 3 rings (SSSR count). The molecule has 1 aromatic carbocycles. The number of benzene rings is 1. The number of H-pyrrole nitrogens is 1. The van der Waals surface area contributed by atoms with Gasteiger partial charge in [0.2, 0.25) is 0 Å². The maximum atomic E-state index is 6.26. The molecule has 0 bridgehead atoms. The Hall–Kier alpha value is -1.61. The van der Waals surface area contributed by atoms with E-state index >= 15 is 0 Å². The summed E-state index contributed by atoms with van der Waals surface area (Å²) in [5, 5.41) is 0. The molecule has 1 fully saturated rings. The van der Waals surface area contributed by atoms with Gasteiger partial charge in [0, 0.05) is 5.56 Å². The third-order valence-electron chi connectivity index (χ3n) is 3.73. The molecule has 0 atom stereocenters. The van der Waals surface area contributed by atoms with Gasteiger partial charge in [-0.3, -0.25) is 0 Å². The Balaban J connectivity index is 1.98. The molecule has 0 unspecified atom stereocenters. The number of nitrogens with one attached hydrogen (secondary N) is 1. The van der Waals surface area contributed by atoms with E-state index in [0.717, 1.165) is 24.4 Å². The van der Waals surface area contributed by atoms with Gasteiger partial charge in [-0.15, -0.1) is 0 Å². The monoisotopic (exact) mass is 227 g/mol. The molecule has 1 saturated carbocycles. The predicted octanol–water partition coefficient (Wildman–Crippen LogP) is 2.72. The van der Waals surface area contributed by atoms with Crippen LogP contribution in [0.5, 0.6) is 0 Å². The van der Waals surface area contributed by atoms with Gasteiger partial charge in [0.25, 0.3) is 0 Å².